The molecule has 1 unspecified atom stereocenters. The van der Waals surface area contributed by atoms with Gasteiger partial charge in [-0.1, -0.05) is 29.8 Å². The summed E-state index contributed by atoms with van der Waals surface area (Å²) in [5, 5.41) is 12.7. The fraction of sp³-hybridized carbons (Fsp3) is 0.333. The molecule has 0 aliphatic carbocycles. The van der Waals surface area contributed by atoms with Crippen LogP contribution in [0.15, 0.2) is 42.5 Å². The van der Waals surface area contributed by atoms with Gasteiger partial charge in [-0.3, -0.25) is 9.59 Å². The molecule has 0 spiro atoms. The zero-order valence-corrected chi connectivity index (χ0v) is 15.8. The van der Waals surface area contributed by atoms with Crippen LogP contribution < -0.4 is 5.32 Å². The highest BCUT2D eigenvalue weighted by molar-refractivity contribution is 5.97. The molecule has 0 aromatic heterocycles. The molecule has 0 saturated carbocycles. The molecule has 1 aliphatic heterocycles. The summed E-state index contributed by atoms with van der Waals surface area (Å²) in [4.78, 5) is 26.1. The van der Waals surface area contributed by atoms with Gasteiger partial charge in [-0.2, -0.15) is 13.2 Å². The fourth-order valence-corrected chi connectivity index (χ4v) is 3.42. The van der Waals surface area contributed by atoms with Crippen LogP contribution in [-0.2, 0) is 17.5 Å². The molecule has 1 aliphatic rings. The number of halogens is 3. The first-order chi connectivity index (χ1) is 13.6. The van der Waals surface area contributed by atoms with Gasteiger partial charge in [0.2, 0.25) is 5.91 Å². The molecule has 1 fully saturated rings. The summed E-state index contributed by atoms with van der Waals surface area (Å²) in [6.07, 6.45) is -4.00. The average molecular weight is 406 g/mol. The Balaban J connectivity index is 1.72. The van der Waals surface area contributed by atoms with E-state index in [0.717, 1.165) is 11.6 Å². The van der Waals surface area contributed by atoms with Crippen molar-refractivity contribution in [2.24, 2.45) is 0 Å². The highest BCUT2D eigenvalue weighted by Crippen LogP contribution is 2.32. The molecule has 0 bridgehead atoms. The van der Waals surface area contributed by atoms with E-state index in [0.29, 0.717) is 6.42 Å². The quantitative estimate of drug-likeness (QED) is 0.815. The maximum atomic E-state index is 13.2. The molecular weight excluding hydrogens is 385 g/mol. The second kappa shape index (κ2) is 8.14. The van der Waals surface area contributed by atoms with Crippen LogP contribution in [0.4, 0.5) is 13.2 Å². The van der Waals surface area contributed by atoms with E-state index in [2.05, 4.69) is 5.32 Å². The van der Waals surface area contributed by atoms with Gasteiger partial charge in [-0.05, 0) is 37.1 Å². The molecule has 5 nitrogen and oxygen atoms in total. The van der Waals surface area contributed by atoms with Crippen LogP contribution in [0.3, 0.4) is 0 Å². The number of benzene rings is 2. The van der Waals surface area contributed by atoms with E-state index in [1.807, 2.05) is 0 Å². The van der Waals surface area contributed by atoms with Gasteiger partial charge >= 0.3 is 6.18 Å². The predicted octanol–water partition coefficient (Wildman–Crippen LogP) is 3.64. The van der Waals surface area contributed by atoms with Crippen LogP contribution in [0.2, 0.25) is 0 Å². The average Bonchev–Trinajstić information content (AvgIpc) is 2.66. The Bertz CT molecular complexity index is 928. The third kappa shape index (κ3) is 4.88. The topological polar surface area (TPSA) is 69.6 Å². The molecule has 2 aromatic rings. The minimum Gasteiger partial charge on any atom is -0.507 e. The van der Waals surface area contributed by atoms with Crippen molar-refractivity contribution >= 4 is 11.8 Å². The van der Waals surface area contributed by atoms with Crippen molar-refractivity contribution in [3.8, 4) is 5.75 Å². The van der Waals surface area contributed by atoms with Crippen LogP contribution in [0.1, 0.15) is 39.9 Å². The summed E-state index contributed by atoms with van der Waals surface area (Å²) in [6, 6.07) is 9.38. The van der Waals surface area contributed by atoms with E-state index in [1.54, 1.807) is 19.1 Å². The Morgan fingerprint density at radius 3 is 2.69 bits per heavy atom. The van der Waals surface area contributed by atoms with E-state index in [4.69, 9.17) is 0 Å². The number of piperidine rings is 1. The Morgan fingerprint density at radius 1 is 1.24 bits per heavy atom. The first kappa shape index (κ1) is 20.7. The summed E-state index contributed by atoms with van der Waals surface area (Å²) in [6.45, 7) is 1.70. The summed E-state index contributed by atoms with van der Waals surface area (Å²) < 4.78 is 39.7. The number of rotatable bonds is 4. The van der Waals surface area contributed by atoms with E-state index in [1.165, 1.54) is 29.2 Å². The zero-order chi connectivity index (χ0) is 21.2. The Kier molecular flexibility index (Phi) is 5.81. The third-order valence-corrected chi connectivity index (χ3v) is 4.92. The van der Waals surface area contributed by atoms with Crippen molar-refractivity contribution < 1.29 is 27.9 Å². The second-order valence-corrected chi connectivity index (χ2v) is 7.16. The highest BCUT2D eigenvalue weighted by atomic mass is 19.4. The second-order valence-electron chi connectivity index (χ2n) is 7.16. The van der Waals surface area contributed by atoms with Crippen LogP contribution in [0.5, 0.6) is 5.75 Å². The first-order valence-electron chi connectivity index (χ1n) is 9.18. The maximum Gasteiger partial charge on any atom is 0.416 e. The molecule has 2 N–H and O–H groups in total. The minimum absolute atomic E-state index is 0.0108. The van der Waals surface area contributed by atoms with Crippen LogP contribution in [0.25, 0.3) is 0 Å². The van der Waals surface area contributed by atoms with Gasteiger partial charge in [-0.15, -0.1) is 0 Å². The molecule has 1 saturated heterocycles. The fourth-order valence-electron chi connectivity index (χ4n) is 3.42. The third-order valence-electron chi connectivity index (χ3n) is 4.92. The Hall–Kier alpha value is -3.03. The molecule has 2 amide bonds. The van der Waals surface area contributed by atoms with E-state index < -0.39 is 23.7 Å². The molecule has 0 radical (unpaired) electrons. The van der Waals surface area contributed by atoms with Crippen molar-refractivity contribution in [2.75, 3.05) is 6.54 Å². The summed E-state index contributed by atoms with van der Waals surface area (Å²) >= 11 is 0. The number of aromatic hydroxyl groups is 1. The molecule has 29 heavy (non-hydrogen) atoms. The lowest BCUT2D eigenvalue weighted by Gasteiger charge is -2.33. The van der Waals surface area contributed by atoms with Crippen molar-refractivity contribution in [1.82, 2.24) is 10.2 Å². The SMILES string of the molecule is Cc1ccc(O)c(C(=O)NC2CCC(=O)N(Cc3ccccc3C(F)(F)F)C2)c1. The number of phenolic OH excluding ortho intramolecular Hbond substituents is 1. The van der Waals surface area contributed by atoms with Gasteiger partial charge < -0.3 is 15.3 Å². The molecule has 3 rings (SSSR count). The lowest BCUT2D eigenvalue weighted by Crippen LogP contribution is -2.49. The van der Waals surface area contributed by atoms with Crippen molar-refractivity contribution in [2.45, 2.75) is 38.5 Å². The van der Waals surface area contributed by atoms with Gasteiger partial charge in [0.1, 0.15) is 5.75 Å². The van der Waals surface area contributed by atoms with Crippen molar-refractivity contribution in [1.29, 1.82) is 0 Å². The lowest BCUT2D eigenvalue weighted by molar-refractivity contribution is -0.140. The zero-order valence-electron chi connectivity index (χ0n) is 15.8. The molecule has 1 atom stereocenters. The summed E-state index contributed by atoms with van der Waals surface area (Å²) in [5.41, 5.74) is 0.160. The number of hydrogen-bond acceptors (Lipinski definition) is 3. The van der Waals surface area contributed by atoms with Crippen LogP contribution in [0, 0.1) is 6.92 Å². The smallest absolute Gasteiger partial charge is 0.416 e. The summed E-state index contributed by atoms with van der Waals surface area (Å²) in [7, 11) is 0. The predicted molar refractivity (Wildman–Crippen MR) is 100 cm³/mol. The maximum absolute atomic E-state index is 13.2. The number of carbonyl (C=O) groups excluding carboxylic acids is 2. The van der Waals surface area contributed by atoms with Crippen molar-refractivity contribution in [3.05, 3.63) is 64.7 Å². The van der Waals surface area contributed by atoms with Gasteiger partial charge in [0.25, 0.3) is 5.91 Å². The highest BCUT2D eigenvalue weighted by Gasteiger charge is 2.34. The molecule has 154 valence electrons. The van der Waals surface area contributed by atoms with Crippen LogP contribution >= 0.6 is 0 Å². The summed E-state index contributed by atoms with van der Waals surface area (Å²) in [5.74, 6) is -0.900. The number of likely N-dealkylation sites (tertiary alicyclic amines) is 1. The molecule has 2 aromatic carbocycles. The van der Waals surface area contributed by atoms with Gasteiger partial charge in [0.15, 0.2) is 0 Å². The first-order valence-corrected chi connectivity index (χ1v) is 9.18. The Morgan fingerprint density at radius 2 is 1.97 bits per heavy atom. The Labute approximate surface area is 166 Å². The standard InChI is InChI=1S/C21H21F3N2O3/c1-13-6-8-18(27)16(10-13)20(29)25-15-7-9-19(28)26(12-15)11-14-4-2-3-5-17(14)21(22,23)24/h2-6,8,10,15,27H,7,9,11-12H2,1H3,(H,25,29). The number of nitrogens with zero attached hydrogens (tertiary/aromatic N) is 1. The number of aryl methyl sites for hydroxylation is 1. The van der Waals surface area contributed by atoms with Gasteiger partial charge in [0.05, 0.1) is 11.1 Å². The molecule has 1 heterocycles. The molecule has 8 heteroatoms. The van der Waals surface area contributed by atoms with Gasteiger partial charge in [-0.25, -0.2) is 0 Å². The number of carbonyl (C=O) groups is 2. The van der Waals surface area contributed by atoms with E-state index >= 15 is 0 Å². The largest absolute Gasteiger partial charge is 0.507 e. The van der Waals surface area contributed by atoms with Crippen molar-refractivity contribution in [3.63, 3.8) is 0 Å². The number of amides is 2. The lowest BCUT2D eigenvalue weighted by atomic mass is 10.0. The minimum atomic E-state index is -4.51. The molecular formula is C21H21F3N2O3. The monoisotopic (exact) mass is 406 g/mol. The van der Waals surface area contributed by atoms with E-state index in [9.17, 15) is 27.9 Å². The van der Waals surface area contributed by atoms with E-state index in [-0.39, 0.29) is 42.3 Å². The van der Waals surface area contributed by atoms with Gasteiger partial charge in [0, 0.05) is 25.6 Å². The normalized spacial score (nSPS) is 17.3. The number of hydrogen-bond donors (Lipinski definition) is 2. The number of nitrogens with one attached hydrogen (secondary N) is 1. The number of phenols is 1. The van der Waals surface area contributed by atoms with Crippen LogP contribution in [-0.4, -0.2) is 34.4 Å². The number of alkyl halides is 3.